The van der Waals surface area contributed by atoms with Crippen LogP contribution in [0.3, 0.4) is 0 Å². The molecule has 1 N–H and O–H groups in total. The van der Waals surface area contributed by atoms with Crippen LogP contribution in [-0.2, 0) is 24.2 Å². The molecule has 1 saturated heterocycles. The summed E-state index contributed by atoms with van der Waals surface area (Å²) in [4.78, 5) is 23.7. The lowest BCUT2D eigenvalue weighted by Gasteiger charge is -2.16. The maximum Gasteiger partial charge on any atom is 0.310 e. The molecule has 0 radical (unpaired) electrons. The Bertz CT molecular complexity index is 713. The Hall–Kier alpha value is -2.09. The molecule has 1 aliphatic heterocycles. The molecular formula is C17H23NO6S. The van der Waals surface area contributed by atoms with Crippen molar-refractivity contribution in [2.75, 3.05) is 18.1 Å². The van der Waals surface area contributed by atoms with Gasteiger partial charge in [-0.2, -0.15) is 0 Å². The van der Waals surface area contributed by atoms with Crippen molar-refractivity contribution in [1.82, 2.24) is 5.32 Å². The first-order valence-electron chi connectivity index (χ1n) is 8.15. The first kappa shape index (κ1) is 19.2. The van der Waals surface area contributed by atoms with E-state index in [1.807, 2.05) is 31.2 Å². The van der Waals surface area contributed by atoms with Gasteiger partial charge >= 0.3 is 5.97 Å². The van der Waals surface area contributed by atoms with E-state index < -0.39 is 33.9 Å². The molecule has 1 fully saturated rings. The Morgan fingerprint density at radius 3 is 2.56 bits per heavy atom. The van der Waals surface area contributed by atoms with E-state index in [0.717, 1.165) is 5.56 Å². The normalized spacial score (nSPS) is 19.8. The fraction of sp³-hybridized carbons (Fsp3) is 0.529. The topological polar surface area (TPSA) is 98.8 Å². The third kappa shape index (κ3) is 6.38. The van der Waals surface area contributed by atoms with Gasteiger partial charge in [-0.1, -0.05) is 17.7 Å². The van der Waals surface area contributed by atoms with Crippen LogP contribution in [0.2, 0.25) is 0 Å². The summed E-state index contributed by atoms with van der Waals surface area (Å²) in [5, 5.41) is 2.60. The molecular weight excluding hydrogens is 346 g/mol. The number of carbonyl (C=O) groups excluding carboxylic acids is 2. The molecule has 2 rings (SSSR count). The van der Waals surface area contributed by atoms with Crippen LogP contribution in [0.1, 0.15) is 25.3 Å². The van der Waals surface area contributed by atoms with Gasteiger partial charge in [0.25, 0.3) is 5.91 Å². The maximum atomic E-state index is 12.0. The Labute approximate surface area is 147 Å². The minimum atomic E-state index is -3.07. The number of aryl methyl sites for hydroxylation is 1. The molecule has 0 aliphatic carbocycles. The average molecular weight is 369 g/mol. The summed E-state index contributed by atoms with van der Waals surface area (Å²) in [5.41, 5.74) is 1.11. The van der Waals surface area contributed by atoms with Crippen LogP contribution < -0.4 is 10.1 Å². The van der Waals surface area contributed by atoms with Crippen LogP contribution in [0.4, 0.5) is 0 Å². The van der Waals surface area contributed by atoms with Crippen LogP contribution in [0.15, 0.2) is 24.3 Å². The molecule has 2 atom stereocenters. The zero-order valence-electron chi connectivity index (χ0n) is 14.4. The van der Waals surface area contributed by atoms with Gasteiger partial charge in [-0.05, 0) is 32.4 Å². The maximum absolute atomic E-state index is 12.0. The van der Waals surface area contributed by atoms with Crippen molar-refractivity contribution in [2.45, 2.75) is 38.8 Å². The molecule has 1 heterocycles. The van der Waals surface area contributed by atoms with Gasteiger partial charge in [-0.15, -0.1) is 0 Å². The van der Waals surface area contributed by atoms with E-state index >= 15 is 0 Å². The highest BCUT2D eigenvalue weighted by Crippen LogP contribution is 2.13. The summed E-state index contributed by atoms with van der Waals surface area (Å²) in [6, 6.07) is 7.02. The van der Waals surface area contributed by atoms with Gasteiger partial charge in [-0.25, -0.2) is 8.42 Å². The molecule has 8 heteroatoms. The molecule has 0 saturated carbocycles. The summed E-state index contributed by atoms with van der Waals surface area (Å²) < 4.78 is 33.2. The highest BCUT2D eigenvalue weighted by Gasteiger charge is 2.30. The lowest BCUT2D eigenvalue weighted by Crippen LogP contribution is -2.42. The Morgan fingerprint density at radius 1 is 1.28 bits per heavy atom. The van der Waals surface area contributed by atoms with E-state index in [4.69, 9.17) is 9.47 Å². The second-order valence-electron chi connectivity index (χ2n) is 6.15. The Morgan fingerprint density at radius 2 is 1.96 bits per heavy atom. The van der Waals surface area contributed by atoms with Crippen molar-refractivity contribution in [3.63, 3.8) is 0 Å². The van der Waals surface area contributed by atoms with Gasteiger partial charge in [-0.3, -0.25) is 9.59 Å². The van der Waals surface area contributed by atoms with E-state index in [0.29, 0.717) is 12.2 Å². The van der Waals surface area contributed by atoms with Gasteiger partial charge in [0, 0.05) is 6.04 Å². The van der Waals surface area contributed by atoms with Crippen molar-refractivity contribution in [2.24, 2.45) is 0 Å². The first-order valence-corrected chi connectivity index (χ1v) is 9.97. The molecule has 1 aliphatic rings. The van der Waals surface area contributed by atoms with Crippen LogP contribution in [0.25, 0.3) is 0 Å². The molecule has 0 unspecified atom stereocenters. The summed E-state index contributed by atoms with van der Waals surface area (Å²) >= 11 is 0. The van der Waals surface area contributed by atoms with Gasteiger partial charge in [0.2, 0.25) is 0 Å². The molecule has 1 aromatic rings. The van der Waals surface area contributed by atoms with E-state index in [2.05, 4.69) is 5.32 Å². The summed E-state index contributed by atoms with van der Waals surface area (Å²) in [6.45, 7) is 3.57. The van der Waals surface area contributed by atoms with Gasteiger partial charge in [0.1, 0.15) is 5.75 Å². The zero-order chi connectivity index (χ0) is 18.4. The molecule has 138 valence electrons. The van der Waals surface area contributed by atoms with Crippen LogP contribution in [0.5, 0.6) is 5.75 Å². The van der Waals surface area contributed by atoms with E-state index in [9.17, 15) is 18.0 Å². The van der Waals surface area contributed by atoms with E-state index in [1.165, 1.54) is 6.92 Å². The number of rotatable bonds is 7. The predicted molar refractivity (Wildman–Crippen MR) is 92.0 cm³/mol. The molecule has 25 heavy (non-hydrogen) atoms. The molecule has 0 spiro atoms. The number of nitrogens with one attached hydrogen (secondary N) is 1. The van der Waals surface area contributed by atoms with Gasteiger partial charge < -0.3 is 14.8 Å². The van der Waals surface area contributed by atoms with Crippen LogP contribution in [-0.4, -0.2) is 50.6 Å². The molecule has 0 aromatic heterocycles. The number of amides is 1. The van der Waals surface area contributed by atoms with Gasteiger partial charge in [0.15, 0.2) is 15.9 Å². The van der Waals surface area contributed by atoms with Crippen molar-refractivity contribution in [1.29, 1.82) is 0 Å². The smallest absolute Gasteiger partial charge is 0.310 e. The summed E-state index contributed by atoms with van der Waals surface area (Å²) in [7, 11) is -3.07. The zero-order valence-corrected chi connectivity index (χ0v) is 15.2. The third-order valence-electron chi connectivity index (χ3n) is 3.85. The summed E-state index contributed by atoms with van der Waals surface area (Å²) in [6.07, 6.45) is -0.571. The number of sulfone groups is 1. The average Bonchev–Trinajstić information content (AvgIpc) is 2.88. The Balaban J connectivity index is 1.68. The lowest BCUT2D eigenvalue weighted by molar-refractivity contribution is -0.155. The molecule has 1 amide bonds. The highest BCUT2D eigenvalue weighted by atomic mass is 32.2. The first-order chi connectivity index (χ1) is 11.7. The largest absolute Gasteiger partial charge is 0.493 e. The van der Waals surface area contributed by atoms with Crippen molar-refractivity contribution in [3.05, 3.63) is 29.8 Å². The SMILES string of the molecule is Cc1ccc(OCCC(=O)O[C@H](C)C(=O)N[C@@H]2CCS(=O)(=O)C2)cc1. The number of esters is 1. The van der Waals surface area contributed by atoms with E-state index in [1.54, 1.807) is 0 Å². The highest BCUT2D eigenvalue weighted by molar-refractivity contribution is 7.91. The fourth-order valence-electron chi connectivity index (χ4n) is 2.42. The van der Waals surface area contributed by atoms with E-state index in [-0.39, 0.29) is 24.5 Å². The number of hydrogen-bond donors (Lipinski definition) is 1. The minimum Gasteiger partial charge on any atom is -0.493 e. The quantitative estimate of drug-likeness (QED) is 0.720. The second kappa shape index (κ2) is 8.33. The van der Waals surface area contributed by atoms with Crippen molar-refractivity contribution in [3.8, 4) is 5.75 Å². The fourth-order valence-corrected chi connectivity index (χ4v) is 4.10. The number of ether oxygens (including phenoxy) is 2. The third-order valence-corrected chi connectivity index (χ3v) is 5.62. The van der Waals surface area contributed by atoms with Gasteiger partial charge in [0.05, 0.1) is 24.5 Å². The molecule has 0 bridgehead atoms. The second-order valence-corrected chi connectivity index (χ2v) is 8.38. The molecule has 1 aromatic carbocycles. The summed E-state index contributed by atoms with van der Waals surface area (Å²) in [5.74, 6) is -0.373. The standard InChI is InChI=1S/C17H23NO6S/c1-12-3-5-15(6-4-12)23-9-7-16(19)24-13(2)17(20)18-14-8-10-25(21,22)11-14/h3-6,13-14H,7-11H2,1-2H3,(H,18,20)/t13-,14-/m1/s1. The minimum absolute atomic E-state index is 0.0172. The van der Waals surface area contributed by atoms with Crippen molar-refractivity contribution >= 4 is 21.7 Å². The predicted octanol–water partition coefficient (Wildman–Crippen LogP) is 0.999. The monoisotopic (exact) mass is 369 g/mol. The van der Waals surface area contributed by atoms with Crippen LogP contribution in [0, 0.1) is 6.92 Å². The van der Waals surface area contributed by atoms with Crippen molar-refractivity contribution < 1.29 is 27.5 Å². The number of hydrogen-bond acceptors (Lipinski definition) is 6. The molecule has 7 nitrogen and oxygen atoms in total. The lowest BCUT2D eigenvalue weighted by atomic mass is 10.2. The number of benzene rings is 1. The Kier molecular flexibility index (Phi) is 6.41. The van der Waals surface area contributed by atoms with Crippen LogP contribution >= 0.6 is 0 Å². The number of carbonyl (C=O) groups is 2.